The van der Waals surface area contributed by atoms with Crippen molar-refractivity contribution in [3.05, 3.63) is 29.6 Å². The number of rotatable bonds is 5. The lowest BCUT2D eigenvalue weighted by Crippen LogP contribution is -2.45. The summed E-state index contributed by atoms with van der Waals surface area (Å²) >= 11 is 0. The third-order valence-corrected chi connectivity index (χ3v) is 5.22. The number of sulfonamides is 1. The molecular formula is C15H21FN2O4S. The number of halogens is 1. The Hall–Kier alpha value is -1.67. The average molecular weight is 344 g/mol. The number of ether oxygens (including phenoxy) is 1. The molecule has 0 radical (unpaired) electrons. The Kier molecular flexibility index (Phi) is 5.26. The van der Waals surface area contributed by atoms with Gasteiger partial charge in [0.25, 0.3) is 0 Å². The molecule has 23 heavy (non-hydrogen) atoms. The number of nitrogens with zero attached hydrogens (tertiary/aromatic N) is 2. The molecule has 0 aliphatic carbocycles. The van der Waals surface area contributed by atoms with Gasteiger partial charge in [0.2, 0.25) is 15.9 Å². The van der Waals surface area contributed by atoms with E-state index in [1.165, 1.54) is 28.4 Å². The summed E-state index contributed by atoms with van der Waals surface area (Å²) in [5, 5.41) is 0. The predicted octanol–water partition coefficient (Wildman–Crippen LogP) is 1.22. The summed E-state index contributed by atoms with van der Waals surface area (Å²) in [5.41, 5.74) is 0.614. The molecule has 1 aromatic carbocycles. The molecule has 0 bridgehead atoms. The first-order valence-electron chi connectivity index (χ1n) is 7.28. The number of amides is 1. The van der Waals surface area contributed by atoms with E-state index < -0.39 is 21.9 Å². The van der Waals surface area contributed by atoms with Crippen LogP contribution in [0.2, 0.25) is 0 Å². The van der Waals surface area contributed by atoms with Crippen molar-refractivity contribution in [2.24, 2.45) is 0 Å². The van der Waals surface area contributed by atoms with Crippen molar-refractivity contribution in [1.82, 2.24) is 9.21 Å². The van der Waals surface area contributed by atoms with E-state index in [0.717, 1.165) is 6.26 Å². The summed E-state index contributed by atoms with van der Waals surface area (Å²) in [6, 6.07) is 3.82. The maximum atomic E-state index is 13.7. The van der Waals surface area contributed by atoms with Crippen molar-refractivity contribution in [3.63, 3.8) is 0 Å². The summed E-state index contributed by atoms with van der Waals surface area (Å²) in [4.78, 5) is 13.9. The minimum Gasteiger partial charge on any atom is -0.494 e. The van der Waals surface area contributed by atoms with E-state index in [4.69, 9.17) is 4.74 Å². The molecule has 1 atom stereocenters. The summed E-state index contributed by atoms with van der Waals surface area (Å²) in [6.45, 7) is 0.564. The van der Waals surface area contributed by atoms with Crippen LogP contribution in [-0.4, -0.2) is 56.5 Å². The number of methoxy groups -OCH3 is 1. The molecule has 1 amide bonds. The highest BCUT2D eigenvalue weighted by Gasteiger charge is 2.37. The fraction of sp³-hybridized carbons (Fsp3) is 0.533. The topological polar surface area (TPSA) is 66.9 Å². The first-order valence-corrected chi connectivity index (χ1v) is 9.13. The molecule has 1 aromatic rings. The second-order valence-corrected chi connectivity index (χ2v) is 7.63. The molecule has 8 heteroatoms. The van der Waals surface area contributed by atoms with Crippen LogP contribution in [-0.2, 0) is 21.4 Å². The monoisotopic (exact) mass is 344 g/mol. The van der Waals surface area contributed by atoms with Crippen LogP contribution in [0.15, 0.2) is 18.2 Å². The van der Waals surface area contributed by atoms with Crippen molar-refractivity contribution in [3.8, 4) is 5.75 Å². The van der Waals surface area contributed by atoms with E-state index in [2.05, 4.69) is 0 Å². The van der Waals surface area contributed by atoms with Crippen molar-refractivity contribution in [2.75, 3.05) is 27.0 Å². The van der Waals surface area contributed by atoms with Gasteiger partial charge in [0.15, 0.2) is 11.6 Å². The first kappa shape index (κ1) is 17.7. The van der Waals surface area contributed by atoms with Gasteiger partial charge in [-0.15, -0.1) is 0 Å². The Morgan fingerprint density at radius 2 is 2.17 bits per heavy atom. The minimum atomic E-state index is -3.41. The van der Waals surface area contributed by atoms with Gasteiger partial charge < -0.3 is 9.64 Å². The zero-order valence-corrected chi connectivity index (χ0v) is 14.3. The smallest absolute Gasteiger partial charge is 0.241 e. The van der Waals surface area contributed by atoms with Crippen molar-refractivity contribution >= 4 is 15.9 Å². The predicted molar refractivity (Wildman–Crippen MR) is 84.0 cm³/mol. The van der Waals surface area contributed by atoms with Gasteiger partial charge in [-0.05, 0) is 30.5 Å². The molecule has 1 unspecified atom stereocenters. The molecule has 0 spiro atoms. The van der Waals surface area contributed by atoms with Crippen LogP contribution in [0.25, 0.3) is 0 Å². The van der Waals surface area contributed by atoms with Crippen LogP contribution in [0.3, 0.4) is 0 Å². The second-order valence-electron chi connectivity index (χ2n) is 5.69. The summed E-state index contributed by atoms with van der Waals surface area (Å²) in [6.07, 6.45) is 2.28. The number of hydrogen-bond donors (Lipinski definition) is 0. The highest BCUT2D eigenvalue weighted by Crippen LogP contribution is 2.23. The van der Waals surface area contributed by atoms with Crippen LogP contribution in [0, 0.1) is 5.82 Å². The molecule has 1 fully saturated rings. The van der Waals surface area contributed by atoms with Gasteiger partial charge in [0.1, 0.15) is 6.04 Å². The second kappa shape index (κ2) is 6.84. The van der Waals surface area contributed by atoms with Crippen LogP contribution in [0.5, 0.6) is 5.75 Å². The molecule has 0 aromatic heterocycles. The first-order chi connectivity index (χ1) is 10.7. The Morgan fingerprint density at radius 1 is 1.48 bits per heavy atom. The van der Waals surface area contributed by atoms with Crippen LogP contribution < -0.4 is 4.74 Å². The van der Waals surface area contributed by atoms with E-state index in [1.807, 2.05) is 0 Å². The maximum Gasteiger partial charge on any atom is 0.241 e. The van der Waals surface area contributed by atoms with E-state index in [1.54, 1.807) is 13.1 Å². The van der Waals surface area contributed by atoms with Gasteiger partial charge in [0.05, 0.1) is 13.4 Å². The van der Waals surface area contributed by atoms with Crippen molar-refractivity contribution in [2.45, 2.75) is 25.4 Å². The number of hydrogen-bond acceptors (Lipinski definition) is 4. The molecule has 1 aliphatic rings. The number of benzene rings is 1. The third kappa shape index (κ3) is 4.00. The maximum absolute atomic E-state index is 13.7. The number of carbonyl (C=O) groups is 1. The Morgan fingerprint density at radius 3 is 2.74 bits per heavy atom. The summed E-state index contributed by atoms with van der Waals surface area (Å²) in [5.74, 6) is -0.629. The molecule has 1 aliphatic heterocycles. The molecule has 6 nitrogen and oxygen atoms in total. The van der Waals surface area contributed by atoms with E-state index in [9.17, 15) is 17.6 Å². The number of carbonyl (C=O) groups excluding carboxylic acids is 1. The van der Waals surface area contributed by atoms with Crippen molar-refractivity contribution < 1.29 is 22.3 Å². The largest absolute Gasteiger partial charge is 0.494 e. The molecule has 0 saturated carbocycles. The summed E-state index contributed by atoms with van der Waals surface area (Å²) < 4.78 is 43.3. The SMILES string of the molecule is COc1ccc(CN(C)C(=O)C2CCCN2S(C)(=O)=O)cc1F. The van der Waals surface area contributed by atoms with Gasteiger partial charge in [-0.25, -0.2) is 12.8 Å². The molecule has 1 heterocycles. The summed E-state index contributed by atoms with van der Waals surface area (Å²) in [7, 11) is -0.440. The lowest BCUT2D eigenvalue weighted by molar-refractivity contribution is -0.133. The van der Waals surface area contributed by atoms with Gasteiger partial charge in [-0.3, -0.25) is 4.79 Å². The highest BCUT2D eigenvalue weighted by atomic mass is 32.2. The van der Waals surface area contributed by atoms with Gasteiger partial charge in [-0.2, -0.15) is 4.31 Å². The fourth-order valence-corrected chi connectivity index (χ4v) is 3.92. The van der Waals surface area contributed by atoms with Gasteiger partial charge >= 0.3 is 0 Å². The van der Waals surface area contributed by atoms with Gasteiger partial charge in [-0.1, -0.05) is 6.07 Å². The Balaban J connectivity index is 2.09. The van der Waals surface area contributed by atoms with Crippen LogP contribution in [0.4, 0.5) is 4.39 Å². The molecule has 0 N–H and O–H groups in total. The lowest BCUT2D eigenvalue weighted by Gasteiger charge is -2.26. The molecule has 128 valence electrons. The Labute approximate surface area is 135 Å². The minimum absolute atomic E-state index is 0.141. The van der Waals surface area contributed by atoms with E-state index >= 15 is 0 Å². The zero-order valence-electron chi connectivity index (χ0n) is 13.5. The quantitative estimate of drug-likeness (QED) is 0.805. The van der Waals surface area contributed by atoms with Crippen LogP contribution >= 0.6 is 0 Å². The zero-order chi connectivity index (χ0) is 17.2. The lowest BCUT2D eigenvalue weighted by atomic mass is 10.1. The van der Waals surface area contributed by atoms with Crippen LogP contribution in [0.1, 0.15) is 18.4 Å². The third-order valence-electron chi connectivity index (χ3n) is 3.93. The molecule has 1 saturated heterocycles. The normalized spacial score (nSPS) is 18.9. The molecule has 2 rings (SSSR count). The fourth-order valence-electron chi connectivity index (χ4n) is 2.80. The van der Waals surface area contributed by atoms with E-state index in [0.29, 0.717) is 24.9 Å². The van der Waals surface area contributed by atoms with E-state index in [-0.39, 0.29) is 18.2 Å². The average Bonchev–Trinajstić information content (AvgIpc) is 2.96. The van der Waals surface area contributed by atoms with Crippen molar-refractivity contribution in [1.29, 1.82) is 0 Å². The number of likely N-dealkylation sites (N-methyl/N-ethyl adjacent to an activating group) is 1. The standard InChI is InChI=1S/C15H21FN2O4S/c1-17(10-11-6-7-14(22-2)12(16)9-11)15(19)13-5-4-8-18(13)23(3,20)21/h6-7,9,13H,4-5,8,10H2,1-3H3. The van der Waals surface area contributed by atoms with Gasteiger partial charge in [0, 0.05) is 20.1 Å². The highest BCUT2D eigenvalue weighted by molar-refractivity contribution is 7.88. The molecular weight excluding hydrogens is 323 g/mol. The Bertz CT molecular complexity index is 693.